The van der Waals surface area contributed by atoms with Crippen molar-refractivity contribution in [3.63, 3.8) is 0 Å². The number of hydrogen-bond donors (Lipinski definition) is 2. The maximum absolute atomic E-state index is 12.0. The van der Waals surface area contributed by atoms with E-state index in [1.165, 1.54) is 0 Å². The van der Waals surface area contributed by atoms with Crippen LogP contribution in [0.5, 0.6) is 0 Å². The van der Waals surface area contributed by atoms with Crippen molar-refractivity contribution >= 4 is 11.9 Å². The first kappa shape index (κ1) is 16.9. The second-order valence-electron chi connectivity index (χ2n) is 6.71. The van der Waals surface area contributed by atoms with Crippen LogP contribution in [-0.4, -0.2) is 23.0 Å². The Kier molecular flexibility index (Phi) is 5.38. The van der Waals surface area contributed by atoms with Gasteiger partial charge in [-0.05, 0) is 25.2 Å². The maximum Gasteiger partial charge on any atom is 0.310 e. The second-order valence-corrected chi connectivity index (χ2v) is 6.71. The summed E-state index contributed by atoms with van der Waals surface area (Å²) in [6.07, 6.45) is 0.0143. The lowest BCUT2D eigenvalue weighted by Gasteiger charge is -2.32. The molecule has 0 spiro atoms. The van der Waals surface area contributed by atoms with Gasteiger partial charge in [-0.2, -0.15) is 0 Å². The molecule has 0 radical (unpaired) electrons. The summed E-state index contributed by atoms with van der Waals surface area (Å²) >= 11 is 0. The van der Waals surface area contributed by atoms with Gasteiger partial charge in [-0.15, -0.1) is 0 Å². The maximum atomic E-state index is 12.0. The van der Waals surface area contributed by atoms with Crippen LogP contribution in [0, 0.1) is 16.7 Å². The van der Waals surface area contributed by atoms with Crippen molar-refractivity contribution in [1.29, 1.82) is 0 Å². The van der Waals surface area contributed by atoms with Crippen LogP contribution in [0.25, 0.3) is 0 Å². The van der Waals surface area contributed by atoms with Gasteiger partial charge in [-0.1, -0.05) is 34.6 Å². The average Bonchev–Trinajstić information content (AvgIpc) is 2.14. The summed E-state index contributed by atoms with van der Waals surface area (Å²) in [5.41, 5.74) is -1.05. The summed E-state index contributed by atoms with van der Waals surface area (Å²) in [5, 5.41) is 12.1. The number of aliphatic carboxylic acids is 1. The molecule has 0 saturated heterocycles. The van der Waals surface area contributed by atoms with Gasteiger partial charge in [-0.3, -0.25) is 9.59 Å². The molecule has 0 fully saturated rings. The molecule has 0 aromatic carbocycles. The molecule has 18 heavy (non-hydrogen) atoms. The Balaban J connectivity index is 4.70. The highest BCUT2D eigenvalue weighted by Crippen LogP contribution is 2.31. The van der Waals surface area contributed by atoms with E-state index >= 15 is 0 Å². The van der Waals surface area contributed by atoms with Crippen LogP contribution in [0.2, 0.25) is 0 Å². The third kappa shape index (κ3) is 4.31. The molecule has 0 aliphatic rings. The monoisotopic (exact) mass is 257 g/mol. The fourth-order valence-corrected chi connectivity index (χ4v) is 1.37. The van der Waals surface area contributed by atoms with Crippen molar-refractivity contribution < 1.29 is 14.7 Å². The fourth-order valence-electron chi connectivity index (χ4n) is 1.37. The molecule has 4 heteroatoms. The van der Waals surface area contributed by atoms with E-state index in [2.05, 4.69) is 5.32 Å². The van der Waals surface area contributed by atoms with Crippen LogP contribution in [0.3, 0.4) is 0 Å². The first-order valence-electron chi connectivity index (χ1n) is 6.44. The van der Waals surface area contributed by atoms with Gasteiger partial charge in [0.15, 0.2) is 0 Å². The number of carbonyl (C=O) groups is 2. The van der Waals surface area contributed by atoms with Crippen molar-refractivity contribution in [2.75, 3.05) is 0 Å². The fraction of sp³-hybridized carbons (Fsp3) is 0.857. The minimum Gasteiger partial charge on any atom is -0.481 e. The molecular formula is C14H27NO3. The lowest BCUT2D eigenvalue weighted by molar-refractivity contribution is -0.153. The van der Waals surface area contributed by atoms with Gasteiger partial charge < -0.3 is 10.4 Å². The molecule has 0 aliphatic carbocycles. The lowest BCUT2D eigenvalue weighted by Crippen LogP contribution is -2.45. The van der Waals surface area contributed by atoms with E-state index in [4.69, 9.17) is 0 Å². The Hall–Kier alpha value is -1.06. The number of carbonyl (C=O) groups excluding carboxylic acids is 1. The Labute approximate surface area is 110 Å². The van der Waals surface area contributed by atoms with E-state index in [-0.39, 0.29) is 29.7 Å². The topological polar surface area (TPSA) is 66.4 Å². The summed E-state index contributed by atoms with van der Waals surface area (Å²) in [5.74, 6) is -1.21. The normalized spacial score (nSPS) is 17.1. The number of amides is 1. The third-order valence-corrected chi connectivity index (χ3v) is 3.97. The van der Waals surface area contributed by atoms with Gasteiger partial charge in [-0.25, -0.2) is 0 Å². The van der Waals surface area contributed by atoms with Gasteiger partial charge in [0.05, 0.1) is 5.41 Å². The highest BCUT2D eigenvalue weighted by molar-refractivity contribution is 5.85. The minimum atomic E-state index is -1.01. The first-order valence-corrected chi connectivity index (χ1v) is 6.44. The van der Waals surface area contributed by atoms with Crippen LogP contribution in [-0.2, 0) is 9.59 Å². The molecular weight excluding hydrogens is 230 g/mol. The molecule has 4 nitrogen and oxygen atoms in total. The molecule has 0 saturated carbocycles. The van der Waals surface area contributed by atoms with E-state index in [0.29, 0.717) is 0 Å². The van der Waals surface area contributed by atoms with Crippen molar-refractivity contribution in [2.24, 2.45) is 16.7 Å². The zero-order valence-corrected chi connectivity index (χ0v) is 12.6. The highest BCUT2D eigenvalue weighted by atomic mass is 16.4. The predicted molar refractivity (Wildman–Crippen MR) is 72.3 cm³/mol. The summed E-state index contributed by atoms with van der Waals surface area (Å²) in [6.45, 7) is 13.3. The van der Waals surface area contributed by atoms with Gasteiger partial charge in [0.2, 0.25) is 5.91 Å². The van der Waals surface area contributed by atoms with Crippen molar-refractivity contribution in [2.45, 2.75) is 60.9 Å². The summed E-state index contributed by atoms with van der Waals surface area (Å²) in [4.78, 5) is 23.3. The molecule has 0 aromatic heterocycles. The Morgan fingerprint density at radius 3 is 1.83 bits per heavy atom. The van der Waals surface area contributed by atoms with E-state index in [1.54, 1.807) is 6.92 Å². The first-order chi connectivity index (χ1) is 7.91. The van der Waals surface area contributed by atoms with Gasteiger partial charge >= 0.3 is 5.97 Å². The minimum absolute atomic E-state index is 0.00945. The molecule has 2 atom stereocenters. The second kappa shape index (κ2) is 5.72. The van der Waals surface area contributed by atoms with Gasteiger partial charge in [0, 0.05) is 12.5 Å². The number of carboxylic acid groups (broad SMARTS) is 1. The van der Waals surface area contributed by atoms with E-state index < -0.39 is 11.4 Å². The van der Waals surface area contributed by atoms with E-state index in [1.807, 2.05) is 41.5 Å². The largest absolute Gasteiger partial charge is 0.481 e. The number of rotatable bonds is 5. The van der Waals surface area contributed by atoms with Crippen LogP contribution in [0.1, 0.15) is 54.9 Å². The Morgan fingerprint density at radius 2 is 1.56 bits per heavy atom. The van der Waals surface area contributed by atoms with Gasteiger partial charge in [0.1, 0.15) is 0 Å². The Morgan fingerprint density at radius 1 is 1.11 bits per heavy atom. The summed E-state index contributed by atoms with van der Waals surface area (Å²) < 4.78 is 0. The molecule has 0 bridgehead atoms. The molecule has 0 aromatic rings. The molecule has 0 aliphatic heterocycles. The molecule has 0 heterocycles. The molecule has 2 unspecified atom stereocenters. The van der Waals surface area contributed by atoms with Crippen molar-refractivity contribution in [1.82, 2.24) is 5.32 Å². The zero-order valence-electron chi connectivity index (χ0n) is 12.6. The number of hydrogen-bond acceptors (Lipinski definition) is 2. The third-order valence-electron chi connectivity index (χ3n) is 3.97. The van der Waals surface area contributed by atoms with E-state index in [0.717, 1.165) is 0 Å². The highest BCUT2D eigenvalue weighted by Gasteiger charge is 2.39. The number of nitrogens with one attached hydrogen (secondary N) is 1. The molecule has 2 N–H and O–H groups in total. The summed E-state index contributed by atoms with van der Waals surface area (Å²) in [7, 11) is 0. The van der Waals surface area contributed by atoms with Gasteiger partial charge in [0.25, 0.3) is 0 Å². The van der Waals surface area contributed by atoms with Crippen LogP contribution in [0.4, 0.5) is 0 Å². The van der Waals surface area contributed by atoms with E-state index in [9.17, 15) is 14.7 Å². The van der Waals surface area contributed by atoms with Crippen molar-refractivity contribution in [3.05, 3.63) is 0 Å². The lowest BCUT2D eigenvalue weighted by atomic mass is 9.76. The van der Waals surface area contributed by atoms with Crippen LogP contribution >= 0.6 is 0 Å². The Bertz CT molecular complexity index is 317. The SMILES string of the molecule is CC(NC(=O)CC(C)(C(=O)O)C(C)C)C(C)(C)C. The molecule has 0 rings (SSSR count). The zero-order chi connectivity index (χ0) is 14.7. The molecule has 106 valence electrons. The smallest absolute Gasteiger partial charge is 0.310 e. The van der Waals surface area contributed by atoms with Crippen LogP contribution < -0.4 is 5.32 Å². The standard InChI is InChI=1S/C14H27NO3/c1-9(2)14(7,12(17)18)8-11(16)15-10(3)13(4,5)6/h9-10H,8H2,1-7H3,(H,15,16)(H,17,18). The predicted octanol–water partition coefficient (Wildman–Crippen LogP) is 2.67. The van der Waals surface area contributed by atoms with Crippen LogP contribution in [0.15, 0.2) is 0 Å². The van der Waals surface area contributed by atoms with Crippen molar-refractivity contribution in [3.8, 4) is 0 Å². The quantitative estimate of drug-likeness (QED) is 0.795. The molecule has 1 amide bonds. The summed E-state index contributed by atoms with van der Waals surface area (Å²) in [6, 6.07) is 0.00945. The number of carboxylic acids is 1. The average molecular weight is 257 g/mol.